The fraction of sp³-hybridized carbons (Fsp3) is 0.200. The van der Waals surface area contributed by atoms with E-state index < -0.39 is 4.92 Å². The maximum Gasteiger partial charge on any atom is 0.271 e. The van der Waals surface area contributed by atoms with Gasteiger partial charge in [0.05, 0.1) is 15.5 Å². The van der Waals surface area contributed by atoms with Crippen molar-refractivity contribution in [2.75, 3.05) is 22.9 Å². The largest absolute Gasteiger partial charge is 0.372 e. The number of hydrogen-bond donors (Lipinski definition) is 0. The van der Waals surface area contributed by atoms with Gasteiger partial charge in [-0.05, 0) is 43.7 Å². The van der Waals surface area contributed by atoms with Crippen LogP contribution in [-0.4, -0.2) is 28.2 Å². The minimum atomic E-state index is -0.492. The molecule has 0 atom stereocenters. The average molecular weight is 414 g/mol. The number of thioether (sulfide) groups is 1. The van der Waals surface area contributed by atoms with Crippen LogP contribution in [0.5, 0.6) is 0 Å². The molecule has 2 aromatic carbocycles. The van der Waals surface area contributed by atoms with Crippen LogP contribution in [0.15, 0.2) is 53.4 Å². The molecule has 0 bridgehead atoms. The van der Waals surface area contributed by atoms with Crippen LogP contribution in [0.4, 0.5) is 17.1 Å². The van der Waals surface area contributed by atoms with Crippen molar-refractivity contribution >= 4 is 57.3 Å². The van der Waals surface area contributed by atoms with Crippen LogP contribution in [0.3, 0.4) is 0 Å². The Bertz CT molecular complexity index is 953. The van der Waals surface area contributed by atoms with E-state index in [1.807, 2.05) is 24.3 Å². The van der Waals surface area contributed by atoms with Crippen LogP contribution in [0.1, 0.15) is 19.4 Å². The molecule has 28 heavy (non-hydrogen) atoms. The van der Waals surface area contributed by atoms with Gasteiger partial charge in [0.15, 0.2) is 4.32 Å². The number of thiocarbonyl (C=S) groups is 1. The maximum atomic E-state index is 12.8. The van der Waals surface area contributed by atoms with Crippen molar-refractivity contribution in [1.82, 2.24) is 0 Å². The molecule has 0 aliphatic carbocycles. The normalized spacial score (nSPS) is 15.4. The summed E-state index contributed by atoms with van der Waals surface area (Å²) in [7, 11) is 0. The van der Waals surface area contributed by atoms with Crippen molar-refractivity contribution in [3.8, 4) is 0 Å². The smallest absolute Gasteiger partial charge is 0.271 e. The minimum Gasteiger partial charge on any atom is -0.372 e. The lowest BCUT2D eigenvalue weighted by Gasteiger charge is -2.20. The Kier molecular flexibility index (Phi) is 6.11. The number of rotatable bonds is 6. The molecule has 1 aliphatic heterocycles. The minimum absolute atomic E-state index is 0.0810. The number of carbonyl (C=O) groups is 1. The maximum absolute atomic E-state index is 12.8. The van der Waals surface area contributed by atoms with E-state index in [1.54, 1.807) is 18.2 Å². The second kappa shape index (κ2) is 8.53. The molecule has 1 fully saturated rings. The Morgan fingerprint density at radius 3 is 2.46 bits per heavy atom. The van der Waals surface area contributed by atoms with Gasteiger partial charge in [-0.15, -0.1) is 0 Å². The molecule has 0 aromatic heterocycles. The summed E-state index contributed by atoms with van der Waals surface area (Å²) in [5, 5.41) is 11.0. The molecular weight excluding hydrogens is 394 g/mol. The molecule has 0 radical (unpaired) electrons. The molecule has 0 saturated carbocycles. The van der Waals surface area contributed by atoms with E-state index in [-0.39, 0.29) is 11.6 Å². The molecule has 6 nitrogen and oxygen atoms in total. The van der Waals surface area contributed by atoms with Gasteiger partial charge in [-0.3, -0.25) is 19.8 Å². The third-order valence-corrected chi connectivity index (χ3v) is 5.71. The molecule has 1 aliphatic rings. The molecule has 0 spiro atoms. The van der Waals surface area contributed by atoms with Gasteiger partial charge in [0.1, 0.15) is 0 Å². The topological polar surface area (TPSA) is 66.7 Å². The second-order valence-electron chi connectivity index (χ2n) is 6.06. The lowest BCUT2D eigenvalue weighted by atomic mass is 10.1. The Balaban J connectivity index is 1.85. The van der Waals surface area contributed by atoms with E-state index in [4.69, 9.17) is 12.2 Å². The van der Waals surface area contributed by atoms with Crippen LogP contribution in [0.2, 0.25) is 0 Å². The van der Waals surface area contributed by atoms with Crippen LogP contribution in [-0.2, 0) is 4.79 Å². The van der Waals surface area contributed by atoms with Crippen LogP contribution in [0, 0.1) is 10.1 Å². The number of amides is 1. The fourth-order valence-corrected chi connectivity index (χ4v) is 4.26. The zero-order valence-electron chi connectivity index (χ0n) is 15.5. The van der Waals surface area contributed by atoms with Crippen molar-refractivity contribution in [1.29, 1.82) is 0 Å². The summed E-state index contributed by atoms with van der Waals surface area (Å²) >= 11 is 6.53. The summed E-state index contributed by atoms with van der Waals surface area (Å²) in [6.45, 7) is 6.07. The molecule has 2 aromatic rings. The van der Waals surface area contributed by atoms with E-state index >= 15 is 0 Å². The average Bonchev–Trinajstić information content (AvgIpc) is 2.97. The first-order valence-corrected chi connectivity index (χ1v) is 10.0. The predicted octanol–water partition coefficient (Wildman–Crippen LogP) is 4.85. The van der Waals surface area contributed by atoms with E-state index in [0.717, 1.165) is 24.3 Å². The standard InChI is InChI=1S/C20H19N3O3S2/c1-3-21(4-2)15-10-8-14(9-11-15)12-18-19(24)22(20(27)28-18)16-6-5-7-17(13-16)23(25)26/h5-13H,3-4H2,1-2H3/b18-12-. The first kappa shape index (κ1) is 20.0. The number of nitrogens with zero attached hydrogens (tertiary/aromatic N) is 3. The molecule has 8 heteroatoms. The fourth-order valence-electron chi connectivity index (χ4n) is 2.96. The number of nitro benzene ring substituents is 1. The summed E-state index contributed by atoms with van der Waals surface area (Å²) in [4.78, 5) is 27.4. The molecule has 0 unspecified atom stereocenters. The quantitative estimate of drug-likeness (QED) is 0.292. The monoisotopic (exact) mass is 413 g/mol. The summed E-state index contributed by atoms with van der Waals surface area (Å²) in [6.07, 6.45) is 1.79. The SMILES string of the molecule is CCN(CC)c1ccc(/C=C2\SC(=S)N(c3cccc([N+](=O)[O-])c3)C2=O)cc1. The Hall–Kier alpha value is -2.71. The third kappa shape index (κ3) is 4.07. The Labute approximate surface area is 173 Å². The van der Waals surface area contributed by atoms with Gasteiger partial charge in [-0.2, -0.15) is 0 Å². The Morgan fingerprint density at radius 1 is 1.18 bits per heavy atom. The number of nitro groups is 1. The number of carbonyl (C=O) groups excluding carboxylic acids is 1. The van der Waals surface area contributed by atoms with Crippen molar-refractivity contribution in [2.24, 2.45) is 0 Å². The van der Waals surface area contributed by atoms with Crippen LogP contribution >= 0.6 is 24.0 Å². The van der Waals surface area contributed by atoms with Gasteiger partial charge >= 0.3 is 0 Å². The third-order valence-electron chi connectivity index (χ3n) is 4.41. The van der Waals surface area contributed by atoms with Gasteiger partial charge in [0.2, 0.25) is 0 Å². The molecule has 1 heterocycles. The number of anilines is 2. The van der Waals surface area contributed by atoms with E-state index in [0.29, 0.717) is 14.9 Å². The van der Waals surface area contributed by atoms with Crippen molar-refractivity contribution in [3.63, 3.8) is 0 Å². The number of benzene rings is 2. The lowest BCUT2D eigenvalue weighted by Crippen LogP contribution is -2.27. The highest BCUT2D eigenvalue weighted by atomic mass is 32.2. The molecule has 0 N–H and O–H groups in total. The molecular formula is C20H19N3O3S2. The van der Waals surface area contributed by atoms with Crippen molar-refractivity contribution < 1.29 is 9.72 Å². The van der Waals surface area contributed by atoms with Gasteiger partial charge in [0.25, 0.3) is 11.6 Å². The molecule has 1 saturated heterocycles. The predicted molar refractivity (Wildman–Crippen MR) is 119 cm³/mol. The van der Waals surface area contributed by atoms with Crippen molar-refractivity contribution in [2.45, 2.75) is 13.8 Å². The second-order valence-corrected chi connectivity index (χ2v) is 7.73. The van der Waals surface area contributed by atoms with Gasteiger partial charge in [0, 0.05) is 30.9 Å². The highest BCUT2D eigenvalue weighted by Gasteiger charge is 2.33. The molecule has 1 amide bonds. The van der Waals surface area contributed by atoms with Crippen LogP contribution in [0.25, 0.3) is 6.08 Å². The van der Waals surface area contributed by atoms with Crippen LogP contribution < -0.4 is 9.80 Å². The van der Waals surface area contributed by atoms with Gasteiger partial charge < -0.3 is 4.90 Å². The summed E-state index contributed by atoms with van der Waals surface area (Å²) in [5.74, 6) is -0.275. The van der Waals surface area contributed by atoms with E-state index in [2.05, 4.69) is 18.7 Å². The van der Waals surface area contributed by atoms with Gasteiger partial charge in [-0.25, -0.2) is 0 Å². The number of non-ortho nitro benzene ring substituents is 1. The number of hydrogen-bond acceptors (Lipinski definition) is 6. The summed E-state index contributed by atoms with van der Waals surface area (Å²) in [6, 6.07) is 13.9. The first-order chi connectivity index (χ1) is 13.4. The van der Waals surface area contributed by atoms with Gasteiger partial charge in [-0.1, -0.05) is 42.2 Å². The molecule has 3 rings (SSSR count). The van der Waals surface area contributed by atoms with E-state index in [1.165, 1.54) is 28.8 Å². The first-order valence-electron chi connectivity index (χ1n) is 8.82. The summed E-state index contributed by atoms with van der Waals surface area (Å²) < 4.78 is 0.358. The van der Waals surface area contributed by atoms with E-state index in [9.17, 15) is 14.9 Å². The highest BCUT2D eigenvalue weighted by Crippen LogP contribution is 2.37. The zero-order chi connectivity index (χ0) is 20.3. The Morgan fingerprint density at radius 2 is 1.86 bits per heavy atom. The summed E-state index contributed by atoms with van der Waals surface area (Å²) in [5.41, 5.74) is 2.35. The van der Waals surface area contributed by atoms with Crippen molar-refractivity contribution in [3.05, 3.63) is 69.1 Å². The zero-order valence-corrected chi connectivity index (χ0v) is 17.1. The highest BCUT2D eigenvalue weighted by molar-refractivity contribution is 8.27. The molecule has 144 valence electrons. The lowest BCUT2D eigenvalue weighted by molar-refractivity contribution is -0.384.